The molecule has 1 aromatic carbocycles. The second kappa shape index (κ2) is 9.40. The van der Waals surface area contributed by atoms with Crippen LogP contribution in [0.5, 0.6) is 0 Å². The van der Waals surface area contributed by atoms with Crippen LogP contribution in [-0.4, -0.2) is 38.7 Å². The Hall–Kier alpha value is -3.74. The van der Waals surface area contributed by atoms with Crippen molar-refractivity contribution in [2.45, 2.75) is 39.3 Å². The number of amides is 1. The lowest BCUT2D eigenvalue weighted by Crippen LogP contribution is -2.32. The minimum Gasteiger partial charge on any atom is -0.356 e. The molecule has 1 aliphatic heterocycles. The summed E-state index contributed by atoms with van der Waals surface area (Å²) in [5, 5.41) is 8.33. The zero-order valence-electron chi connectivity index (χ0n) is 18.9. The van der Waals surface area contributed by atoms with E-state index in [4.69, 9.17) is 4.98 Å². The van der Waals surface area contributed by atoms with Gasteiger partial charge in [0.25, 0.3) is 5.91 Å². The van der Waals surface area contributed by atoms with Crippen molar-refractivity contribution < 1.29 is 4.79 Å². The number of anilines is 1. The number of fused-ring (bicyclic) bond motifs is 1. The van der Waals surface area contributed by atoms with Crippen molar-refractivity contribution in [1.82, 2.24) is 25.1 Å². The van der Waals surface area contributed by atoms with E-state index < -0.39 is 0 Å². The van der Waals surface area contributed by atoms with E-state index in [2.05, 4.69) is 20.3 Å². The molecular formula is C26H28N6O. The molecule has 1 aliphatic rings. The van der Waals surface area contributed by atoms with Gasteiger partial charge in [0, 0.05) is 43.5 Å². The number of aryl methyl sites for hydroxylation is 1. The van der Waals surface area contributed by atoms with Gasteiger partial charge < -0.3 is 10.2 Å². The number of benzene rings is 1. The number of carbonyl (C=O) groups is 1. The standard InChI is InChI=1S/C26H28N6O/c1-2-32-25-22(18-29-32)21(16-23(30-25)19-10-5-3-6-11-19)26(33)28-17-20-12-9-13-27-24(20)31-14-7-4-8-15-31/h3,5-6,9-13,16,18H,2,4,7-8,14-15,17H2,1H3,(H,28,33). The van der Waals surface area contributed by atoms with Crippen LogP contribution in [0.15, 0.2) is 60.9 Å². The van der Waals surface area contributed by atoms with Crippen LogP contribution in [0, 0.1) is 0 Å². The lowest BCUT2D eigenvalue weighted by molar-refractivity contribution is 0.0952. The number of nitrogens with one attached hydrogen (secondary N) is 1. The third-order valence-corrected chi connectivity index (χ3v) is 6.19. The van der Waals surface area contributed by atoms with Crippen molar-refractivity contribution in [2.75, 3.05) is 18.0 Å². The SMILES string of the molecule is CCn1ncc2c(C(=O)NCc3cccnc3N3CCCCC3)cc(-c3ccccc3)nc21. The first-order chi connectivity index (χ1) is 16.2. The zero-order valence-corrected chi connectivity index (χ0v) is 18.9. The van der Waals surface area contributed by atoms with Crippen LogP contribution in [-0.2, 0) is 13.1 Å². The molecule has 0 bridgehead atoms. The maximum atomic E-state index is 13.4. The number of aromatic nitrogens is 4. The molecule has 0 aliphatic carbocycles. The van der Waals surface area contributed by atoms with E-state index in [0.717, 1.165) is 46.8 Å². The summed E-state index contributed by atoms with van der Waals surface area (Å²) in [6.45, 7) is 5.16. The monoisotopic (exact) mass is 440 g/mol. The van der Waals surface area contributed by atoms with Crippen LogP contribution >= 0.6 is 0 Å². The van der Waals surface area contributed by atoms with Crippen LogP contribution in [0.1, 0.15) is 42.1 Å². The number of nitrogens with zero attached hydrogens (tertiary/aromatic N) is 5. The summed E-state index contributed by atoms with van der Waals surface area (Å²) in [5.41, 5.74) is 4.07. The molecule has 1 amide bonds. The van der Waals surface area contributed by atoms with E-state index in [9.17, 15) is 4.79 Å². The number of hydrogen-bond acceptors (Lipinski definition) is 5. The van der Waals surface area contributed by atoms with Crippen LogP contribution < -0.4 is 10.2 Å². The Morgan fingerprint density at radius 1 is 1.06 bits per heavy atom. The molecule has 0 saturated carbocycles. The summed E-state index contributed by atoms with van der Waals surface area (Å²) in [7, 11) is 0. The van der Waals surface area contributed by atoms with E-state index in [1.54, 1.807) is 6.20 Å². The molecule has 4 heterocycles. The van der Waals surface area contributed by atoms with Gasteiger partial charge in [-0.3, -0.25) is 4.79 Å². The summed E-state index contributed by atoms with van der Waals surface area (Å²) < 4.78 is 1.83. The molecule has 7 heteroatoms. The summed E-state index contributed by atoms with van der Waals surface area (Å²) in [4.78, 5) is 25.2. The first-order valence-electron chi connectivity index (χ1n) is 11.6. The predicted octanol–water partition coefficient (Wildman–Crippen LogP) is 4.43. The minimum absolute atomic E-state index is 0.135. The summed E-state index contributed by atoms with van der Waals surface area (Å²) in [6.07, 6.45) is 7.19. The Morgan fingerprint density at radius 3 is 2.67 bits per heavy atom. The van der Waals surface area contributed by atoms with E-state index in [1.807, 2.05) is 66.3 Å². The molecule has 7 nitrogen and oxygen atoms in total. The van der Waals surface area contributed by atoms with Gasteiger partial charge in [-0.05, 0) is 38.3 Å². The molecule has 5 rings (SSSR count). The molecule has 33 heavy (non-hydrogen) atoms. The predicted molar refractivity (Wildman–Crippen MR) is 130 cm³/mol. The number of rotatable bonds is 6. The van der Waals surface area contributed by atoms with Gasteiger partial charge in [-0.2, -0.15) is 5.10 Å². The topological polar surface area (TPSA) is 75.9 Å². The zero-order chi connectivity index (χ0) is 22.6. The highest BCUT2D eigenvalue weighted by atomic mass is 16.1. The first-order valence-corrected chi connectivity index (χ1v) is 11.6. The number of hydrogen-bond donors (Lipinski definition) is 1. The molecule has 0 radical (unpaired) electrons. The molecule has 1 N–H and O–H groups in total. The second-order valence-corrected chi connectivity index (χ2v) is 8.34. The van der Waals surface area contributed by atoms with Crippen LogP contribution in [0.25, 0.3) is 22.3 Å². The smallest absolute Gasteiger partial charge is 0.252 e. The van der Waals surface area contributed by atoms with Crippen molar-refractivity contribution in [3.63, 3.8) is 0 Å². The fraction of sp³-hybridized carbons (Fsp3) is 0.308. The highest BCUT2D eigenvalue weighted by Gasteiger charge is 2.19. The largest absolute Gasteiger partial charge is 0.356 e. The molecule has 3 aromatic heterocycles. The Morgan fingerprint density at radius 2 is 1.88 bits per heavy atom. The molecule has 0 spiro atoms. The molecule has 1 saturated heterocycles. The van der Waals surface area contributed by atoms with Gasteiger partial charge in [0.1, 0.15) is 5.82 Å². The van der Waals surface area contributed by atoms with E-state index in [-0.39, 0.29) is 5.91 Å². The van der Waals surface area contributed by atoms with Crippen LogP contribution in [0.3, 0.4) is 0 Å². The average Bonchev–Trinajstić information content (AvgIpc) is 3.31. The van der Waals surface area contributed by atoms with Gasteiger partial charge in [0.15, 0.2) is 5.65 Å². The van der Waals surface area contributed by atoms with Gasteiger partial charge >= 0.3 is 0 Å². The van der Waals surface area contributed by atoms with E-state index in [1.165, 1.54) is 19.3 Å². The molecule has 168 valence electrons. The fourth-order valence-electron chi connectivity index (χ4n) is 4.45. The van der Waals surface area contributed by atoms with Crippen LogP contribution in [0.4, 0.5) is 5.82 Å². The highest BCUT2D eigenvalue weighted by Crippen LogP contribution is 2.26. The van der Waals surface area contributed by atoms with Gasteiger partial charge in [-0.15, -0.1) is 0 Å². The maximum absolute atomic E-state index is 13.4. The van der Waals surface area contributed by atoms with Gasteiger partial charge in [0.05, 0.1) is 22.8 Å². The van der Waals surface area contributed by atoms with Crippen molar-refractivity contribution >= 4 is 22.8 Å². The lowest BCUT2D eigenvalue weighted by atomic mass is 10.1. The fourth-order valence-corrected chi connectivity index (χ4v) is 4.45. The number of pyridine rings is 2. The molecule has 4 aromatic rings. The quantitative estimate of drug-likeness (QED) is 0.480. The average molecular weight is 441 g/mol. The third-order valence-electron chi connectivity index (χ3n) is 6.19. The molecule has 1 fully saturated rings. The van der Waals surface area contributed by atoms with Crippen molar-refractivity contribution in [1.29, 1.82) is 0 Å². The highest BCUT2D eigenvalue weighted by molar-refractivity contribution is 6.06. The maximum Gasteiger partial charge on any atom is 0.252 e. The Bertz CT molecular complexity index is 1260. The Kier molecular flexibility index (Phi) is 6.02. The molecule has 0 unspecified atom stereocenters. The van der Waals surface area contributed by atoms with Gasteiger partial charge in [-0.25, -0.2) is 14.6 Å². The summed E-state index contributed by atoms with van der Waals surface area (Å²) >= 11 is 0. The third kappa shape index (κ3) is 4.31. The minimum atomic E-state index is -0.135. The number of carbonyl (C=O) groups excluding carboxylic acids is 1. The second-order valence-electron chi connectivity index (χ2n) is 8.34. The normalized spacial score (nSPS) is 13.9. The first kappa shape index (κ1) is 21.1. The lowest BCUT2D eigenvalue weighted by Gasteiger charge is -2.29. The Labute approximate surface area is 193 Å². The van der Waals surface area contributed by atoms with Crippen molar-refractivity contribution in [2.24, 2.45) is 0 Å². The number of piperidine rings is 1. The van der Waals surface area contributed by atoms with Crippen LogP contribution in [0.2, 0.25) is 0 Å². The van der Waals surface area contributed by atoms with Crippen molar-refractivity contribution in [3.05, 3.63) is 72.1 Å². The summed E-state index contributed by atoms with van der Waals surface area (Å²) in [6, 6.07) is 15.8. The van der Waals surface area contributed by atoms with Crippen molar-refractivity contribution in [3.8, 4) is 11.3 Å². The Balaban J connectivity index is 1.45. The molecular weight excluding hydrogens is 412 g/mol. The van der Waals surface area contributed by atoms with E-state index >= 15 is 0 Å². The summed E-state index contributed by atoms with van der Waals surface area (Å²) in [5.74, 6) is 0.838. The van der Waals surface area contributed by atoms with E-state index in [0.29, 0.717) is 18.7 Å². The van der Waals surface area contributed by atoms with Gasteiger partial charge in [0.2, 0.25) is 0 Å². The molecule has 0 atom stereocenters. The van der Waals surface area contributed by atoms with Gasteiger partial charge in [-0.1, -0.05) is 36.4 Å².